The van der Waals surface area contributed by atoms with Gasteiger partial charge in [-0.1, -0.05) is 18.2 Å². The largest absolute Gasteiger partial charge is 0.475 e. The summed E-state index contributed by atoms with van der Waals surface area (Å²) in [5, 5.41) is 0. The average Bonchev–Trinajstić information content (AvgIpc) is 2.37. The number of phosphoric acid groups is 1. The van der Waals surface area contributed by atoms with Gasteiger partial charge >= 0.3 is 7.82 Å². The van der Waals surface area contributed by atoms with Gasteiger partial charge in [-0.05, 0) is 25.5 Å². The van der Waals surface area contributed by atoms with Crippen LogP contribution in [0.4, 0.5) is 0 Å². The van der Waals surface area contributed by atoms with E-state index in [2.05, 4.69) is 4.98 Å². The highest BCUT2D eigenvalue weighted by molar-refractivity contribution is 7.48. The van der Waals surface area contributed by atoms with E-state index in [1.807, 2.05) is 18.2 Å². The minimum Gasteiger partial charge on any atom is -0.287 e. The molecule has 0 unspecified atom stereocenters. The molecule has 0 atom stereocenters. The van der Waals surface area contributed by atoms with Crippen molar-refractivity contribution < 1.29 is 18.1 Å². The van der Waals surface area contributed by atoms with Crippen molar-refractivity contribution >= 4 is 13.9 Å². The maximum absolute atomic E-state index is 11.9. The van der Waals surface area contributed by atoms with Gasteiger partial charge in [0.1, 0.15) is 0 Å². The fraction of sp³-hybridized carbons (Fsp3) is 0.417. The first kappa shape index (κ1) is 15.1. The second-order valence-electron chi connectivity index (χ2n) is 3.27. The molecular weight excluding hydrogens is 253 g/mol. The van der Waals surface area contributed by atoms with E-state index in [0.29, 0.717) is 0 Å². The molecule has 0 aromatic carbocycles. The third kappa shape index (κ3) is 5.56. The molecule has 6 heteroatoms. The summed E-state index contributed by atoms with van der Waals surface area (Å²) in [5.74, 6) is 0. The lowest BCUT2D eigenvalue weighted by Crippen LogP contribution is -2.00. The standard InChI is InChI=1S/C12H18NO4P/c1-3-15-18(14,16-4-2)17-10-6-8-12-7-5-9-13-11-12/h5-9,11H,3-4,10H2,1-2H3/b8-6+. The minimum atomic E-state index is -3.41. The van der Waals surface area contributed by atoms with Crippen LogP contribution in [0.5, 0.6) is 0 Å². The van der Waals surface area contributed by atoms with Crippen molar-refractivity contribution in [1.29, 1.82) is 0 Å². The van der Waals surface area contributed by atoms with Gasteiger partial charge in [0.25, 0.3) is 0 Å². The molecule has 0 N–H and O–H groups in total. The molecule has 1 aromatic rings. The summed E-state index contributed by atoms with van der Waals surface area (Å²) in [4.78, 5) is 3.97. The van der Waals surface area contributed by atoms with Gasteiger partial charge < -0.3 is 0 Å². The predicted molar refractivity (Wildman–Crippen MR) is 70.1 cm³/mol. The number of phosphoric ester groups is 1. The first-order valence-corrected chi connectivity index (χ1v) is 7.26. The normalized spacial score (nSPS) is 12.1. The van der Waals surface area contributed by atoms with Gasteiger partial charge in [-0.3, -0.25) is 18.6 Å². The Kier molecular flexibility index (Phi) is 6.83. The van der Waals surface area contributed by atoms with Crippen molar-refractivity contribution in [3.8, 4) is 0 Å². The highest BCUT2D eigenvalue weighted by Crippen LogP contribution is 2.49. The van der Waals surface area contributed by atoms with Crippen molar-refractivity contribution in [1.82, 2.24) is 4.98 Å². The van der Waals surface area contributed by atoms with Crippen molar-refractivity contribution in [2.75, 3.05) is 19.8 Å². The molecule has 0 radical (unpaired) electrons. The molecule has 100 valence electrons. The summed E-state index contributed by atoms with van der Waals surface area (Å²) in [6.45, 7) is 4.19. The van der Waals surface area contributed by atoms with Gasteiger partial charge in [-0.2, -0.15) is 0 Å². The Morgan fingerprint density at radius 3 is 2.56 bits per heavy atom. The van der Waals surface area contributed by atoms with Crippen molar-refractivity contribution in [2.24, 2.45) is 0 Å². The molecule has 0 aliphatic heterocycles. The monoisotopic (exact) mass is 271 g/mol. The quantitative estimate of drug-likeness (QED) is 0.679. The average molecular weight is 271 g/mol. The summed E-state index contributed by atoms with van der Waals surface area (Å²) in [6.07, 6.45) is 6.99. The van der Waals surface area contributed by atoms with E-state index in [4.69, 9.17) is 13.6 Å². The SMILES string of the molecule is CCOP(=O)(OCC)OC/C=C/c1cccnc1. The van der Waals surface area contributed by atoms with E-state index in [1.54, 1.807) is 32.3 Å². The Morgan fingerprint density at radius 1 is 1.28 bits per heavy atom. The van der Waals surface area contributed by atoms with E-state index < -0.39 is 7.82 Å². The maximum Gasteiger partial charge on any atom is 0.475 e. The summed E-state index contributed by atoms with van der Waals surface area (Å²) < 4.78 is 27.0. The lowest BCUT2D eigenvalue weighted by molar-refractivity contribution is 0.131. The van der Waals surface area contributed by atoms with E-state index in [1.165, 1.54) is 0 Å². The Balaban J connectivity index is 2.44. The van der Waals surface area contributed by atoms with Crippen LogP contribution in [0.15, 0.2) is 30.6 Å². The third-order valence-electron chi connectivity index (χ3n) is 1.90. The van der Waals surface area contributed by atoms with Crippen LogP contribution in [-0.4, -0.2) is 24.8 Å². The van der Waals surface area contributed by atoms with E-state index in [9.17, 15) is 4.57 Å². The molecule has 1 aromatic heterocycles. The molecule has 0 aliphatic rings. The zero-order chi connectivity index (χ0) is 13.3. The van der Waals surface area contributed by atoms with Gasteiger partial charge in [0.05, 0.1) is 19.8 Å². The second-order valence-corrected chi connectivity index (χ2v) is 4.94. The Morgan fingerprint density at radius 2 is 2.00 bits per heavy atom. The third-order valence-corrected chi connectivity index (χ3v) is 3.51. The summed E-state index contributed by atoms with van der Waals surface area (Å²) in [6, 6.07) is 3.75. The second kappa shape index (κ2) is 8.16. The Hall–Kier alpha value is -1.00. The molecule has 0 saturated carbocycles. The molecule has 1 heterocycles. The van der Waals surface area contributed by atoms with E-state index in [0.717, 1.165) is 5.56 Å². The van der Waals surface area contributed by atoms with Crippen molar-refractivity contribution in [3.05, 3.63) is 36.2 Å². The van der Waals surface area contributed by atoms with Gasteiger partial charge in [-0.15, -0.1) is 0 Å². The molecule has 0 aliphatic carbocycles. The number of hydrogen-bond donors (Lipinski definition) is 0. The maximum atomic E-state index is 11.9. The van der Waals surface area contributed by atoms with Crippen LogP contribution >= 0.6 is 7.82 Å². The molecule has 5 nitrogen and oxygen atoms in total. The van der Waals surface area contributed by atoms with E-state index >= 15 is 0 Å². The smallest absolute Gasteiger partial charge is 0.287 e. The lowest BCUT2D eigenvalue weighted by Gasteiger charge is -2.14. The molecule has 0 bridgehead atoms. The Labute approximate surface area is 107 Å². The summed E-state index contributed by atoms with van der Waals surface area (Å²) >= 11 is 0. The molecular formula is C12H18NO4P. The fourth-order valence-electron chi connectivity index (χ4n) is 1.22. The summed E-state index contributed by atoms with van der Waals surface area (Å²) in [7, 11) is -3.41. The molecule has 18 heavy (non-hydrogen) atoms. The summed E-state index contributed by atoms with van der Waals surface area (Å²) in [5.41, 5.74) is 0.948. The van der Waals surface area contributed by atoms with Crippen molar-refractivity contribution in [2.45, 2.75) is 13.8 Å². The molecule has 1 rings (SSSR count). The van der Waals surface area contributed by atoms with Gasteiger partial charge in [-0.25, -0.2) is 4.57 Å². The van der Waals surface area contributed by atoms with Crippen LogP contribution in [0.1, 0.15) is 19.4 Å². The van der Waals surface area contributed by atoms with Crippen LogP contribution in [0.25, 0.3) is 6.08 Å². The number of aromatic nitrogens is 1. The number of rotatable bonds is 8. The van der Waals surface area contributed by atoms with Gasteiger partial charge in [0.15, 0.2) is 0 Å². The first-order chi connectivity index (χ1) is 8.70. The Bertz CT molecular complexity index is 398. The van der Waals surface area contributed by atoms with Gasteiger partial charge in [0, 0.05) is 12.4 Å². The molecule has 0 saturated heterocycles. The van der Waals surface area contributed by atoms with E-state index in [-0.39, 0.29) is 19.8 Å². The minimum absolute atomic E-state index is 0.159. The van der Waals surface area contributed by atoms with Crippen LogP contribution < -0.4 is 0 Å². The highest BCUT2D eigenvalue weighted by Gasteiger charge is 2.24. The lowest BCUT2D eigenvalue weighted by atomic mass is 10.3. The first-order valence-electron chi connectivity index (χ1n) is 5.80. The molecule has 0 amide bonds. The number of nitrogens with zero attached hydrogens (tertiary/aromatic N) is 1. The highest BCUT2D eigenvalue weighted by atomic mass is 31.2. The zero-order valence-corrected chi connectivity index (χ0v) is 11.5. The zero-order valence-electron chi connectivity index (χ0n) is 10.6. The van der Waals surface area contributed by atoms with Crippen LogP contribution in [0.3, 0.4) is 0 Å². The van der Waals surface area contributed by atoms with Crippen LogP contribution in [0, 0.1) is 0 Å². The van der Waals surface area contributed by atoms with Crippen LogP contribution in [-0.2, 0) is 18.1 Å². The topological polar surface area (TPSA) is 57.7 Å². The fourth-order valence-corrected chi connectivity index (χ4v) is 2.35. The molecule has 0 spiro atoms. The van der Waals surface area contributed by atoms with Gasteiger partial charge in [0.2, 0.25) is 0 Å². The van der Waals surface area contributed by atoms with Crippen molar-refractivity contribution in [3.63, 3.8) is 0 Å². The number of pyridine rings is 1. The molecule has 0 fully saturated rings. The van der Waals surface area contributed by atoms with Crippen LogP contribution in [0.2, 0.25) is 0 Å². The predicted octanol–water partition coefficient (Wildman–Crippen LogP) is 3.29. The number of hydrogen-bond acceptors (Lipinski definition) is 5.